The van der Waals surface area contributed by atoms with E-state index in [-0.39, 0.29) is 23.4 Å². The average molecular weight is 281 g/mol. The molecule has 0 radical (unpaired) electrons. The predicted octanol–water partition coefficient (Wildman–Crippen LogP) is 3.50. The predicted molar refractivity (Wildman–Crippen MR) is 72.0 cm³/mol. The van der Waals surface area contributed by atoms with Crippen LogP contribution in [0, 0.1) is 10.1 Å². The van der Waals surface area contributed by atoms with Gasteiger partial charge in [-0.25, -0.2) is 9.18 Å². The van der Waals surface area contributed by atoms with Crippen LogP contribution < -0.4 is 0 Å². The number of alkyl halides is 1. The largest absolute Gasteiger partial charge is 0.462 e. The molecule has 0 amide bonds. The zero-order valence-electron chi connectivity index (χ0n) is 11.2. The van der Waals surface area contributed by atoms with E-state index in [4.69, 9.17) is 4.74 Å². The quantitative estimate of drug-likeness (QED) is 0.252. The maximum Gasteiger partial charge on any atom is 0.336 e. The van der Waals surface area contributed by atoms with Gasteiger partial charge in [0.2, 0.25) is 0 Å². The minimum atomic E-state index is -1.82. The normalized spacial score (nSPS) is 11.7. The number of nitro groups is 1. The van der Waals surface area contributed by atoms with Crippen molar-refractivity contribution >= 4 is 11.7 Å². The van der Waals surface area contributed by atoms with Crippen molar-refractivity contribution in [1.29, 1.82) is 0 Å². The number of rotatable bonds is 7. The van der Waals surface area contributed by atoms with Crippen molar-refractivity contribution in [3.63, 3.8) is 0 Å². The molecule has 0 aliphatic carbocycles. The minimum Gasteiger partial charge on any atom is -0.462 e. The molecule has 1 unspecified atom stereocenters. The van der Waals surface area contributed by atoms with E-state index in [2.05, 4.69) is 6.58 Å². The summed E-state index contributed by atoms with van der Waals surface area (Å²) < 4.78 is 19.0. The molecule has 0 saturated carbocycles. The molecular weight excluding hydrogens is 265 g/mol. The second-order valence-electron chi connectivity index (χ2n) is 4.23. The van der Waals surface area contributed by atoms with Crippen LogP contribution in [0.5, 0.6) is 0 Å². The van der Waals surface area contributed by atoms with Crippen LogP contribution in [0.25, 0.3) is 0 Å². The molecule has 0 saturated heterocycles. The van der Waals surface area contributed by atoms with Crippen molar-refractivity contribution in [2.24, 2.45) is 0 Å². The Balaban J connectivity index is 2.76. The number of carbonyl (C=O) groups is 1. The molecule has 0 bridgehead atoms. The third kappa shape index (κ3) is 4.15. The van der Waals surface area contributed by atoms with E-state index in [1.54, 1.807) is 0 Å². The molecule has 1 aromatic carbocycles. The number of benzene rings is 1. The summed E-state index contributed by atoms with van der Waals surface area (Å²) in [6, 6.07) is 5.05. The van der Waals surface area contributed by atoms with Gasteiger partial charge in [0.05, 0.1) is 17.1 Å². The third-order valence-electron chi connectivity index (χ3n) is 2.67. The Morgan fingerprint density at radius 3 is 2.85 bits per heavy atom. The van der Waals surface area contributed by atoms with Gasteiger partial charge in [0, 0.05) is 12.1 Å². The first kappa shape index (κ1) is 15.8. The van der Waals surface area contributed by atoms with Crippen LogP contribution in [-0.2, 0) is 9.53 Å². The number of nitrogens with zero attached hydrogens (tertiary/aromatic N) is 1. The topological polar surface area (TPSA) is 69.4 Å². The van der Waals surface area contributed by atoms with Gasteiger partial charge in [-0.2, -0.15) is 0 Å². The molecule has 0 aliphatic rings. The molecule has 0 aromatic heterocycles. The van der Waals surface area contributed by atoms with E-state index in [0.29, 0.717) is 6.42 Å². The van der Waals surface area contributed by atoms with Crippen LogP contribution in [0.4, 0.5) is 10.1 Å². The van der Waals surface area contributed by atoms with Crippen molar-refractivity contribution in [3.8, 4) is 0 Å². The third-order valence-corrected chi connectivity index (χ3v) is 2.67. The Bertz CT molecular complexity index is 516. The smallest absolute Gasteiger partial charge is 0.336 e. The van der Waals surface area contributed by atoms with E-state index in [1.807, 2.05) is 6.92 Å². The van der Waals surface area contributed by atoms with E-state index in [0.717, 1.165) is 12.5 Å². The molecule has 1 aromatic rings. The Hall–Kier alpha value is -2.24. The fourth-order valence-electron chi connectivity index (χ4n) is 1.50. The maximum absolute atomic E-state index is 14.1. The molecule has 108 valence electrons. The van der Waals surface area contributed by atoms with E-state index in [9.17, 15) is 19.3 Å². The highest BCUT2D eigenvalue weighted by atomic mass is 19.1. The molecular formula is C14H16FNO4. The number of hydrogen-bond donors (Lipinski definition) is 0. The number of hydrogen-bond acceptors (Lipinski definition) is 4. The first-order valence-electron chi connectivity index (χ1n) is 6.21. The summed E-state index contributed by atoms with van der Waals surface area (Å²) in [4.78, 5) is 21.6. The summed E-state index contributed by atoms with van der Waals surface area (Å²) in [5.74, 6) is -0.822. The van der Waals surface area contributed by atoms with Gasteiger partial charge in [0.15, 0.2) is 6.17 Å². The fourth-order valence-corrected chi connectivity index (χ4v) is 1.50. The first-order chi connectivity index (χ1) is 9.47. The van der Waals surface area contributed by atoms with Gasteiger partial charge in [-0.15, -0.1) is 0 Å². The minimum absolute atomic E-state index is 0.0108. The number of esters is 1. The molecule has 0 heterocycles. The number of non-ortho nitro benzene ring substituents is 1. The Morgan fingerprint density at radius 1 is 1.55 bits per heavy atom. The van der Waals surface area contributed by atoms with Crippen LogP contribution in [0.1, 0.15) is 31.5 Å². The number of ether oxygens (including phenoxy) is 1. The van der Waals surface area contributed by atoms with Crippen LogP contribution in [0.2, 0.25) is 0 Å². The van der Waals surface area contributed by atoms with Gasteiger partial charge in [-0.1, -0.05) is 32.1 Å². The zero-order valence-corrected chi connectivity index (χ0v) is 11.2. The maximum atomic E-state index is 14.1. The second kappa shape index (κ2) is 7.37. The summed E-state index contributed by atoms with van der Waals surface area (Å²) in [6.07, 6.45) is -0.278. The van der Waals surface area contributed by atoms with Gasteiger partial charge in [0.25, 0.3) is 5.69 Å². The van der Waals surface area contributed by atoms with Crippen LogP contribution in [0.15, 0.2) is 36.4 Å². The number of unbranched alkanes of at least 4 members (excludes halogenated alkanes) is 1. The van der Waals surface area contributed by atoms with Crippen LogP contribution in [0.3, 0.4) is 0 Å². The van der Waals surface area contributed by atoms with Gasteiger partial charge in [-0.3, -0.25) is 10.1 Å². The highest BCUT2D eigenvalue weighted by Gasteiger charge is 2.23. The molecule has 0 fully saturated rings. The highest BCUT2D eigenvalue weighted by Crippen LogP contribution is 2.28. The number of halogens is 1. The molecule has 1 atom stereocenters. The fraction of sp³-hybridized carbons (Fsp3) is 0.357. The van der Waals surface area contributed by atoms with Crippen molar-refractivity contribution < 1.29 is 18.8 Å². The lowest BCUT2D eigenvalue weighted by Crippen LogP contribution is -2.12. The molecule has 5 nitrogen and oxygen atoms in total. The van der Waals surface area contributed by atoms with Crippen molar-refractivity contribution in [1.82, 2.24) is 0 Å². The summed E-state index contributed by atoms with van der Waals surface area (Å²) in [7, 11) is 0. The van der Waals surface area contributed by atoms with Gasteiger partial charge in [-0.05, 0) is 12.0 Å². The lowest BCUT2D eigenvalue weighted by Gasteiger charge is -2.11. The Labute approximate surface area is 116 Å². The lowest BCUT2D eigenvalue weighted by atomic mass is 10.0. The summed E-state index contributed by atoms with van der Waals surface area (Å²) >= 11 is 0. The van der Waals surface area contributed by atoms with E-state index < -0.39 is 17.1 Å². The average Bonchev–Trinajstić information content (AvgIpc) is 2.45. The second-order valence-corrected chi connectivity index (χ2v) is 4.23. The first-order valence-corrected chi connectivity index (χ1v) is 6.21. The molecule has 0 aliphatic heterocycles. The zero-order chi connectivity index (χ0) is 15.1. The van der Waals surface area contributed by atoms with E-state index in [1.165, 1.54) is 18.2 Å². The SMILES string of the molecule is C=C(C(=O)OCCCC)C(F)c1cccc([N+](=O)[O-])c1. The van der Waals surface area contributed by atoms with Crippen molar-refractivity contribution in [3.05, 3.63) is 52.1 Å². The summed E-state index contributed by atoms with van der Waals surface area (Å²) in [5.41, 5.74) is -0.587. The highest BCUT2D eigenvalue weighted by molar-refractivity contribution is 5.89. The molecule has 6 heteroatoms. The monoisotopic (exact) mass is 281 g/mol. The van der Waals surface area contributed by atoms with Crippen molar-refractivity contribution in [2.45, 2.75) is 25.9 Å². The molecule has 0 spiro atoms. The van der Waals surface area contributed by atoms with Crippen molar-refractivity contribution in [2.75, 3.05) is 6.61 Å². The van der Waals surface area contributed by atoms with Gasteiger partial charge < -0.3 is 4.74 Å². The molecule has 20 heavy (non-hydrogen) atoms. The van der Waals surface area contributed by atoms with Gasteiger partial charge >= 0.3 is 5.97 Å². The van der Waals surface area contributed by atoms with E-state index >= 15 is 0 Å². The number of nitro benzene ring substituents is 1. The van der Waals surface area contributed by atoms with Gasteiger partial charge in [0.1, 0.15) is 0 Å². The standard InChI is InChI=1S/C14H16FNO4/c1-3-4-8-20-14(17)10(2)13(15)11-6-5-7-12(9-11)16(18)19/h5-7,9,13H,2-4,8H2,1H3. The number of carbonyl (C=O) groups excluding carboxylic acids is 1. The molecule has 1 rings (SSSR count). The Morgan fingerprint density at radius 2 is 2.25 bits per heavy atom. The molecule has 0 N–H and O–H groups in total. The van der Waals surface area contributed by atoms with Crippen LogP contribution >= 0.6 is 0 Å². The van der Waals surface area contributed by atoms with Crippen LogP contribution in [-0.4, -0.2) is 17.5 Å². The lowest BCUT2D eigenvalue weighted by molar-refractivity contribution is -0.384. The Kier molecular flexibility index (Phi) is 5.83. The summed E-state index contributed by atoms with van der Waals surface area (Å²) in [5, 5.41) is 10.6. The summed E-state index contributed by atoms with van der Waals surface area (Å²) in [6.45, 7) is 5.50.